The lowest BCUT2D eigenvalue weighted by Crippen LogP contribution is -2.04. The van der Waals surface area contributed by atoms with E-state index in [1.54, 1.807) is 36.0 Å². The molecule has 2 aromatic heterocycles. The van der Waals surface area contributed by atoms with E-state index in [1.807, 2.05) is 48.7 Å². The molecule has 134 valence electrons. The maximum absolute atomic E-state index is 5.06. The van der Waals surface area contributed by atoms with Gasteiger partial charge in [-0.1, -0.05) is 59.9 Å². The molecule has 0 N–H and O–H groups in total. The van der Waals surface area contributed by atoms with Gasteiger partial charge in [0.2, 0.25) is 0 Å². The Kier molecular flexibility index (Phi) is 4.64. The van der Waals surface area contributed by atoms with Crippen molar-refractivity contribution in [3.63, 3.8) is 0 Å². The van der Waals surface area contributed by atoms with Gasteiger partial charge >= 0.3 is 0 Å². The molecule has 3 heterocycles. The van der Waals surface area contributed by atoms with Gasteiger partial charge < -0.3 is 0 Å². The number of aliphatic imine (C=N–C) groups is 1. The van der Waals surface area contributed by atoms with E-state index < -0.39 is 0 Å². The first-order valence-corrected chi connectivity index (χ1v) is 10.4. The SMILES string of the molecule is c1ccc(Sc2ncnc3c2N=C(c2cccnc2)c2ccccc2S3)cc1. The number of pyridine rings is 1. The molecule has 0 aliphatic carbocycles. The summed E-state index contributed by atoms with van der Waals surface area (Å²) in [4.78, 5) is 20.6. The molecule has 6 heteroatoms. The van der Waals surface area contributed by atoms with E-state index in [-0.39, 0.29) is 0 Å². The lowest BCUT2D eigenvalue weighted by Gasteiger charge is -2.08. The van der Waals surface area contributed by atoms with Crippen LogP contribution in [0.3, 0.4) is 0 Å². The molecule has 0 atom stereocenters. The molecule has 5 rings (SSSR count). The molecule has 0 radical (unpaired) electrons. The van der Waals surface area contributed by atoms with Gasteiger partial charge in [-0.25, -0.2) is 15.0 Å². The maximum atomic E-state index is 5.06. The molecule has 0 unspecified atom stereocenters. The molecule has 0 saturated heterocycles. The largest absolute Gasteiger partial charge is 0.264 e. The first kappa shape index (κ1) is 17.2. The standard InChI is InChI=1S/C22H14N4S2/c1-2-8-16(9-3-1)27-21-20-22(25-14-24-21)28-18-11-5-4-10-17(18)19(26-20)15-7-6-12-23-13-15/h1-14H. The smallest absolute Gasteiger partial charge is 0.131 e. The quantitative estimate of drug-likeness (QED) is 0.367. The van der Waals surface area contributed by atoms with E-state index in [9.17, 15) is 0 Å². The van der Waals surface area contributed by atoms with Crippen LogP contribution in [-0.4, -0.2) is 20.7 Å². The molecule has 1 aliphatic heterocycles. The Labute approximate surface area is 171 Å². The Morgan fingerprint density at radius 1 is 0.821 bits per heavy atom. The summed E-state index contributed by atoms with van der Waals surface area (Å²) in [5.41, 5.74) is 3.74. The van der Waals surface area contributed by atoms with E-state index >= 15 is 0 Å². The minimum atomic E-state index is 0.802. The third-order valence-electron chi connectivity index (χ3n) is 4.22. The highest BCUT2D eigenvalue weighted by atomic mass is 32.2. The molecule has 0 spiro atoms. The monoisotopic (exact) mass is 398 g/mol. The Bertz CT molecular complexity index is 1160. The lowest BCUT2D eigenvalue weighted by molar-refractivity contribution is 0.961. The molecular weight excluding hydrogens is 384 g/mol. The van der Waals surface area contributed by atoms with Crippen LogP contribution in [0.2, 0.25) is 0 Å². The summed E-state index contributed by atoms with van der Waals surface area (Å²) in [6, 6.07) is 22.4. The topological polar surface area (TPSA) is 51.0 Å². The number of hydrogen-bond donors (Lipinski definition) is 0. The van der Waals surface area contributed by atoms with E-state index in [0.717, 1.165) is 42.4 Å². The van der Waals surface area contributed by atoms with Crippen molar-refractivity contribution < 1.29 is 0 Å². The molecular formula is C22H14N4S2. The Morgan fingerprint density at radius 2 is 1.68 bits per heavy atom. The van der Waals surface area contributed by atoms with Crippen molar-refractivity contribution in [2.75, 3.05) is 0 Å². The fraction of sp³-hybridized carbons (Fsp3) is 0. The van der Waals surface area contributed by atoms with Crippen LogP contribution in [0.5, 0.6) is 0 Å². The molecule has 0 fully saturated rings. The van der Waals surface area contributed by atoms with Gasteiger partial charge in [0.25, 0.3) is 0 Å². The van der Waals surface area contributed by atoms with Crippen molar-refractivity contribution >= 4 is 34.9 Å². The van der Waals surface area contributed by atoms with Gasteiger partial charge in [0.15, 0.2) is 0 Å². The van der Waals surface area contributed by atoms with Gasteiger partial charge in [-0.3, -0.25) is 4.98 Å². The third kappa shape index (κ3) is 3.32. The second-order valence-corrected chi connectivity index (χ2v) is 8.14. The van der Waals surface area contributed by atoms with Gasteiger partial charge in [-0.2, -0.15) is 0 Å². The molecule has 0 saturated carbocycles. The minimum Gasteiger partial charge on any atom is -0.264 e. The average molecular weight is 399 g/mol. The van der Waals surface area contributed by atoms with Crippen molar-refractivity contribution in [3.05, 3.63) is 96.6 Å². The third-order valence-corrected chi connectivity index (χ3v) is 6.29. The van der Waals surface area contributed by atoms with Crippen LogP contribution in [-0.2, 0) is 0 Å². The summed E-state index contributed by atoms with van der Waals surface area (Å²) >= 11 is 3.23. The van der Waals surface area contributed by atoms with Crippen LogP contribution in [0.25, 0.3) is 0 Å². The number of aromatic nitrogens is 3. The van der Waals surface area contributed by atoms with Gasteiger partial charge in [-0.15, -0.1) is 0 Å². The number of rotatable bonds is 3. The van der Waals surface area contributed by atoms with E-state index in [2.05, 4.69) is 39.2 Å². The fourth-order valence-electron chi connectivity index (χ4n) is 2.94. The first-order valence-electron chi connectivity index (χ1n) is 8.73. The number of benzene rings is 2. The Balaban J connectivity index is 1.70. The summed E-state index contributed by atoms with van der Waals surface area (Å²) < 4.78 is 0. The van der Waals surface area contributed by atoms with E-state index in [1.165, 1.54) is 0 Å². The molecule has 4 aromatic rings. The summed E-state index contributed by atoms with van der Waals surface area (Å²) in [7, 11) is 0. The van der Waals surface area contributed by atoms with Crippen molar-refractivity contribution in [2.45, 2.75) is 19.8 Å². The van der Waals surface area contributed by atoms with Crippen LogP contribution >= 0.6 is 23.5 Å². The second-order valence-electron chi connectivity index (χ2n) is 6.05. The van der Waals surface area contributed by atoms with Crippen LogP contribution in [0.15, 0.2) is 110 Å². The van der Waals surface area contributed by atoms with Gasteiger partial charge in [-0.05, 0) is 30.3 Å². The zero-order valence-electron chi connectivity index (χ0n) is 14.7. The number of hydrogen-bond acceptors (Lipinski definition) is 6. The molecule has 4 nitrogen and oxygen atoms in total. The summed E-state index contributed by atoms with van der Waals surface area (Å²) in [5, 5.41) is 1.71. The normalized spacial score (nSPS) is 12.5. The maximum Gasteiger partial charge on any atom is 0.131 e. The average Bonchev–Trinajstić information content (AvgIpc) is 2.92. The minimum absolute atomic E-state index is 0.802. The van der Waals surface area contributed by atoms with Crippen LogP contribution in [0.4, 0.5) is 5.69 Å². The zero-order valence-corrected chi connectivity index (χ0v) is 16.3. The highest BCUT2D eigenvalue weighted by Gasteiger charge is 2.22. The lowest BCUT2D eigenvalue weighted by atomic mass is 10.0. The van der Waals surface area contributed by atoms with Gasteiger partial charge in [0.1, 0.15) is 22.1 Å². The number of fused-ring (bicyclic) bond motifs is 2. The Morgan fingerprint density at radius 3 is 2.54 bits per heavy atom. The van der Waals surface area contributed by atoms with Crippen LogP contribution in [0, 0.1) is 0 Å². The predicted octanol–water partition coefficient (Wildman–Crippen LogP) is 5.66. The Hall–Kier alpha value is -2.96. The summed E-state index contributed by atoms with van der Waals surface area (Å²) in [5.74, 6) is 0. The van der Waals surface area contributed by atoms with Gasteiger partial charge in [0.05, 0.1) is 5.71 Å². The van der Waals surface area contributed by atoms with Crippen molar-refractivity contribution in [1.82, 2.24) is 15.0 Å². The van der Waals surface area contributed by atoms with Crippen molar-refractivity contribution in [2.24, 2.45) is 4.99 Å². The molecule has 2 aromatic carbocycles. The fourth-order valence-corrected chi connectivity index (χ4v) is 4.83. The predicted molar refractivity (Wildman–Crippen MR) is 113 cm³/mol. The van der Waals surface area contributed by atoms with Gasteiger partial charge in [0, 0.05) is 33.3 Å². The van der Waals surface area contributed by atoms with Crippen LogP contribution in [0.1, 0.15) is 11.1 Å². The van der Waals surface area contributed by atoms with Crippen LogP contribution < -0.4 is 0 Å². The summed E-state index contributed by atoms with van der Waals surface area (Å²) in [6.45, 7) is 0. The number of nitrogens with zero attached hydrogens (tertiary/aromatic N) is 4. The zero-order chi connectivity index (χ0) is 18.8. The molecule has 0 bridgehead atoms. The summed E-state index contributed by atoms with van der Waals surface area (Å²) in [6.07, 6.45) is 5.23. The van der Waals surface area contributed by atoms with Crippen molar-refractivity contribution in [1.29, 1.82) is 0 Å². The molecule has 28 heavy (non-hydrogen) atoms. The molecule has 1 aliphatic rings. The first-order chi connectivity index (χ1) is 13.9. The van der Waals surface area contributed by atoms with Crippen molar-refractivity contribution in [3.8, 4) is 0 Å². The van der Waals surface area contributed by atoms with E-state index in [4.69, 9.17) is 4.99 Å². The highest BCUT2D eigenvalue weighted by Crippen LogP contribution is 2.44. The highest BCUT2D eigenvalue weighted by molar-refractivity contribution is 8.00. The molecule has 0 amide bonds. The van der Waals surface area contributed by atoms with E-state index in [0.29, 0.717) is 0 Å². The second kappa shape index (κ2) is 7.58.